The van der Waals surface area contributed by atoms with Gasteiger partial charge in [-0.25, -0.2) is 4.99 Å². The van der Waals surface area contributed by atoms with Gasteiger partial charge in [0.2, 0.25) is 0 Å². The van der Waals surface area contributed by atoms with Crippen LogP contribution in [0.5, 0.6) is 0 Å². The van der Waals surface area contributed by atoms with E-state index in [0.717, 1.165) is 12.0 Å². The number of aryl methyl sites for hydroxylation is 2. The molecule has 0 aromatic carbocycles. The number of aromatic nitrogens is 1. The quantitative estimate of drug-likeness (QED) is 0.317. The summed E-state index contributed by atoms with van der Waals surface area (Å²) >= 11 is 0. The van der Waals surface area contributed by atoms with E-state index in [4.69, 9.17) is 4.74 Å². The zero-order valence-electron chi connectivity index (χ0n) is 12.3. The number of hydrogen-bond donors (Lipinski definition) is 1. The Bertz CT molecular complexity index is 480. The highest BCUT2D eigenvalue weighted by atomic mass is 16.5. The maximum atomic E-state index is 10.4. The number of carbonyl (C=O) groups is 1. The molecule has 110 valence electrons. The summed E-state index contributed by atoms with van der Waals surface area (Å²) in [7, 11) is 3.78. The van der Waals surface area contributed by atoms with E-state index in [2.05, 4.69) is 29.3 Å². The summed E-state index contributed by atoms with van der Waals surface area (Å²) in [6.45, 7) is 6.67. The van der Waals surface area contributed by atoms with Gasteiger partial charge in [-0.3, -0.25) is 0 Å². The predicted molar refractivity (Wildman–Crippen MR) is 79.3 cm³/mol. The number of ether oxygens (including phenoxy) is 1. The monoisotopic (exact) mass is 278 g/mol. The van der Waals surface area contributed by atoms with E-state index in [9.17, 15) is 4.79 Å². The zero-order valence-corrected chi connectivity index (χ0v) is 12.3. The van der Waals surface area contributed by atoms with E-state index in [1.807, 2.05) is 18.5 Å². The van der Waals surface area contributed by atoms with Gasteiger partial charge in [0.15, 0.2) is 0 Å². The third kappa shape index (κ3) is 5.27. The fraction of sp³-hybridized carbons (Fsp3) is 0.429. The fourth-order valence-electron chi connectivity index (χ4n) is 1.74. The van der Waals surface area contributed by atoms with Crippen molar-refractivity contribution in [2.75, 3.05) is 20.3 Å². The van der Waals surface area contributed by atoms with E-state index < -0.39 is 0 Å². The van der Waals surface area contributed by atoms with Crippen molar-refractivity contribution < 1.29 is 9.53 Å². The van der Waals surface area contributed by atoms with Gasteiger partial charge in [-0.2, -0.15) is 0 Å². The number of aldehydes is 1. The van der Waals surface area contributed by atoms with Crippen LogP contribution in [0.15, 0.2) is 29.3 Å². The summed E-state index contributed by atoms with van der Waals surface area (Å²) < 4.78 is 7.58. The Kier molecular flexibility index (Phi) is 6.52. The van der Waals surface area contributed by atoms with Crippen molar-refractivity contribution >= 4 is 13.0 Å². The van der Waals surface area contributed by atoms with Crippen LogP contribution in [0.3, 0.4) is 0 Å². The van der Waals surface area contributed by atoms with Crippen LogP contribution in [0, 0.1) is 6.92 Å². The molecular formula is C14H22N4O2. The first kappa shape index (κ1) is 16.0. The number of hydrogen-bond acceptors (Lipinski definition) is 5. The second-order valence-corrected chi connectivity index (χ2v) is 4.57. The number of carbonyl (C=O) groups excluding carboxylic acids is 1. The van der Waals surface area contributed by atoms with Crippen LogP contribution in [-0.4, -0.2) is 42.8 Å². The normalized spacial score (nSPS) is 11.2. The molecule has 1 rings (SSSR count). The molecule has 0 atom stereocenters. The zero-order chi connectivity index (χ0) is 15.0. The first-order valence-corrected chi connectivity index (χ1v) is 6.32. The Hall–Kier alpha value is -2.08. The summed E-state index contributed by atoms with van der Waals surface area (Å²) in [5.41, 5.74) is 2.32. The largest absolute Gasteiger partial charge is 0.370 e. The summed E-state index contributed by atoms with van der Waals surface area (Å²) in [6, 6.07) is 2.08. The molecule has 20 heavy (non-hydrogen) atoms. The van der Waals surface area contributed by atoms with Crippen LogP contribution >= 0.6 is 0 Å². The highest BCUT2D eigenvalue weighted by molar-refractivity contribution is 5.52. The highest BCUT2D eigenvalue weighted by Crippen LogP contribution is 2.06. The molecule has 0 amide bonds. The summed E-state index contributed by atoms with van der Waals surface area (Å²) in [5.74, 6) is 0.567. The molecule has 1 N–H and O–H groups in total. The third-order valence-electron chi connectivity index (χ3n) is 2.73. The molecule has 0 saturated carbocycles. The molecule has 0 aliphatic carbocycles. The van der Waals surface area contributed by atoms with E-state index in [1.54, 1.807) is 18.1 Å². The maximum Gasteiger partial charge on any atom is 0.143 e. The van der Waals surface area contributed by atoms with Gasteiger partial charge in [0.05, 0.1) is 13.2 Å². The molecule has 0 unspecified atom stereocenters. The van der Waals surface area contributed by atoms with E-state index >= 15 is 0 Å². The average molecular weight is 278 g/mol. The molecule has 1 aromatic heterocycles. The van der Waals surface area contributed by atoms with E-state index in [1.165, 1.54) is 5.56 Å². The molecule has 1 heterocycles. The Morgan fingerprint density at radius 2 is 2.40 bits per heavy atom. The molecular weight excluding hydrogens is 256 g/mol. The van der Waals surface area contributed by atoms with Crippen molar-refractivity contribution in [3.63, 3.8) is 0 Å². The molecule has 0 aliphatic rings. The van der Waals surface area contributed by atoms with E-state index in [0.29, 0.717) is 25.7 Å². The van der Waals surface area contributed by atoms with Crippen LogP contribution in [-0.2, 0) is 23.2 Å². The standard InChI is InChI=1S/C14H22N4O2/c1-12-7-13(18(4)8-12)10-20-11-16-14(15-2)9-17(3)5-6-19/h6-9,16H,2,5,10-11H2,1,3-4H3/b14-9+. The van der Waals surface area contributed by atoms with Gasteiger partial charge in [0, 0.05) is 32.2 Å². The van der Waals surface area contributed by atoms with Crippen LogP contribution in [0.4, 0.5) is 0 Å². The smallest absolute Gasteiger partial charge is 0.143 e. The van der Waals surface area contributed by atoms with Crippen LogP contribution < -0.4 is 5.32 Å². The molecule has 6 nitrogen and oxygen atoms in total. The van der Waals surface area contributed by atoms with Crippen molar-refractivity contribution in [2.45, 2.75) is 13.5 Å². The highest BCUT2D eigenvalue weighted by Gasteiger charge is 2.01. The molecule has 1 aromatic rings. The van der Waals surface area contributed by atoms with Crippen molar-refractivity contribution in [3.05, 3.63) is 35.5 Å². The molecule has 0 radical (unpaired) electrons. The Balaban J connectivity index is 2.36. The van der Waals surface area contributed by atoms with Gasteiger partial charge in [-0.15, -0.1) is 0 Å². The molecule has 0 aliphatic heterocycles. The van der Waals surface area contributed by atoms with Crippen molar-refractivity contribution in [1.82, 2.24) is 14.8 Å². The van der Waals surface area contributed by atoms with Crippen LogP contribution in [0.2, 0.25) is 0 Å². The lowest BCUT2D eigenvalue weighted by Crippen LogP contribution is -2.21. The molecule has 0 saturated heterocycles. The van der Waals surface area contributed by atoms with Crippen molar-refractivity contribution in [1.29, 1.82) is 0 Å². The van der Waals surface area contributed by atoms with Crippen molar-refractivity contribution in [3.8, 4) is 0 Å². The first-order chi connectivity index (χ1) is 9.56. The average Bonchev–Trinajstić information content (AvgIpc) is 2.72. The van der Waals surface area contributed by atoms with Gasteiger partial charge in [-0.05, 0) is 25.3 Å². The Morgan fingerprint density at radius 1 is 1.65 bits per heavy atom. The lowest BCUT2D eigenvalue weighted by atomic mass is 10.3. The minimum atomic E-state index is 0.310. The number of aliphatic imine (C=N–C) groups is 1. The number of nitrogens with one attached hydrogen (secondary N) is 1. The summed E-state index contributed by atoms with van der Waals surface area (Å²) in [5, 5.41) is 3.00. The first-order valence-electron chi connectivity index (χ1n) is 6.32. The molecule has 6 heteroatoms. The number of rotatable bonds is 9. The predicted octanol–water partition coefficient (Wildman–Crippen LogP) is 1.03. The molecule has 0 bridgehead atoms. The van der Waals surface area contributed by atoms with Gasteiger partial charge in [0.1, 0.15) is 18.8 Å². The van der Waals surface area contributed by atoms with Gasteiger partial charge in [0.25, 0.3) is 0 Å². The Labute approximate surface area is 119 Å². The van der Waals surface area contributed by atoms with Gasteiger partial charge in [-0.1, -0.05) is 0 Å². The minimum absolute atomic E-state index is 0.310. The lowest BCUT2D eigenvalue weighted by molar-refractivity contribution is -0.108. The second kappa shape index (κ2) is 8.16. The van der Waals surface area contributed by atoms with Crippen LogP contribution in [0.25, 0.3) is 0 Å². The Morgan fingerprint density at radius 3 is 2.95 bits per heavy atom. The molecule has 0 spiro atoms. The third-order valence-corrected chi connectivity index (χ3v) is 2.73. The summed E-state index contributed by atoms with van der Waals surface area (Å²) in [6.07, 6.45) is 4.58. The second-order valence-electron chi connectivity index (χ2n) is 4.57. The lowest BCUT2D eigenvalue weighted by Gasteiger charge is -2.13. The maximum absolute atomic E-state index is 10.4. The van der Waals surface area contributed by atoms with Crippen LogP contribution in [0.1, 0.15) is 11.3 Å². The molecule has 0 fully saturated rings. The number of nitrogens with zero attached hydrogens (tertiary/aromatic N) is 3. The van der Waals surface area contributed by atoms with Gasteiger partial charge >= 0.3 is 0 Å². The van der Waals surface area contributed by atoms with Crippen molar-refractivity contribution in [2.24, 2.45) is 12.0 Å². The topological polar surface area (TPSA) is 58.9 Å². The number of likely N-dealkylation sites (N-methyl/N-ethyl adjacent to an activating group) is 1. The minimum Gasteiger partial charge on any atom is -0.370 e. The fourth-order valence-corrected chi connectivity index (χ4v) is 1.74. The SMILES string of the molecule is C=N/C(=C\N(C)CC=O)NCOCc1cc(C)cn1C. The van der Waals surface area contributed by atoms with Gasteiger partial charge < -0.3 is 24.3 Å². The summed E-state index contributed by atoms with van der Waals surface area (Å²) in [4.78, 5) is 15.9. The van der Waals surface area contributed by atoms with E-state index in [-0.39, 0.29) is 0 Å².